The van der Waals surface area contributed by atoms with Crippen LogP contribution in [-0.4, -0.2) is 213 Å². The van der Waals surface area contributed by atoms with Crippen LogP contribution in [0.4, 0.5) is 0 Å². The minimum atomic E-state index is -0.175. The topological polar surface area (TPSA) is 218 Å². The normalized spacial score (nSPS) is 20.4. The van der Waals surface area contributed by atoms with E-state index in [-0.39, 0.29) is 95.5 Å². The van der Waals surface area contributed by atoms with Gasteiger partial charge in [-0.25, -0.2) is 0 Å². The lowest BCUT2D eigenvalue weighted by Crippen LogP contribution is -2.44. The molecule has 10 heterocycles. The van der Waals surface area contributed by atoms with E-state index in [1.165, 1.54) is 55.0 Å². The molecule has 3 aliphatic carbocycles. The molecule has 0 spiro atoms. The number of fused-ring (bicyclic) bond motifs is 6. The van der Waals surface area contributed by atoms with Crippen molar-refractivity contribution in [3.8, 4) is 0 Å². The molecule has 676 valence electrons. The summed E-state index contributed by atoms with van der Waals surface area (Å²) in [5.74, 6) is 3.05. The summed E-state index contributed by atoms with van der Waals surface area (Å²) in [6.07, 6.45) is 28.1. The van der Waals surface area contributed by atoms with E-state index in [2.05, 4.69) is 142 Å². The van der Waals surface area contributed by atoms with E-state index in [4.69, 9.17) is 49.8 Å². The predicted molar refractivity (Wildman–Crippen MR) is 514 cm³/mol. The van der Waals surface area contributed by atoms with Crippen molar-refractivity contribution in [2.75, 3.05) is 106 Å². The number of hydrogen-bond donors (Lipinski definition) is 0. The van der Waals surface area contributed by atoms with Gasteiger partial charge >= 0.3 is 0 Å². The van der Waals surface area contributed by atoms with Gasteiger partial charge < -0.3 is 44.0 Å². The Bertz CT molecular complexity index is 4990. The molecule has 10 aliphatic rings. The Morgan fingerprint density at radius 3 is 0.929 bits per heavy atom. The molecule has 7 saturated heterocycles. The molecule has 0 N–H and O–H groups in total. The van der Waals surface area contributed by atoms with Crippen LogP contribution in [0.15, 0.2) is 100 Å². The van der Waals surface area contributed by atoms with Crippen LogP contribution >= 0.6 is 130 Å². The molecule has 0 bridgehead atoms. The fourth-order valence-corrected chi connectivity index (χ4v) is 25.9. The van der Waals surface area contributed by atoms with Crippen LogP contribution in [0.5, 0.6) is 0 Å². The highest BCUT2D eigenvalue weighted by molar-refractivity contribution is 9.11. The summed E-state index contributed by atoms with van der Waals surface area (Å²) in [4.78, 5) is 143. The number of carbonyl (C=O) groups excluding carboxylic acids is 9. The van der Waals surface area contributed by atoms with Gasteiger partial charge in [-0.05, 0) is 336 Å². The first-order valence-corrected chi connectivity index (χ1v) is 51.5. The first-order valence-electron chi connectivity index (χ1n) is 45.6. The number of benzene rings is 3. The summed E-state index contributed by atoms with van der Waals surface area (Å²) in [5.41, 5.74) is 15.0. The Hall–Kier alpha value is -5.71. The van der Waals surface area contributed by atoms with E-state index in [1.54, 1.807) is 25.9 Å². The molecule has 6 aromatic rings. The predicted octanol–water partition coefficient (Wildman–Crippen LogP) is 19.7. The number of rotatable bonds is 17. The van der Waals surface area contributed by atoms with Gasteiger partial charge in [0.05, 0.1) is 17.1 Å². The van der Waals surface area contributed by atoms with Crippen LogP contribution in [0, 0.1) is 35.5 Å². The quantitative estimate of drug-likeness (QED) is 0.0779. The van der Waals surface area contributed by atoms with E-state index in [0.717, 1.165) is 246 Å². The number of halogens is 9. The van der Waals surface area contributed by atoms with Gasteiger partial charge in [0.25, 0.3) is 0 Å². The van der Waals surface area contributed by atoms with E-state index >= 15 is 0 Å². The zero-order valence-electron chi connectivity index (χ0n) is 72.5. The number of piperidine rings is 7. The van der Waals surface area contributed by atoms with E-state index in [0.29, 0.717) is 101 Å². The zero-order chi connectivity index (χ0) is 89.1. The summed E-state index contributed by atoms with van der Waals surface area (Å²) in [7, 11) is 3.32. The Kier molecular flexibility index (Phi) is 34.2. The fraction of sp³-hybridized carbons (Fsp3) is 0.567. The maximum Gasteiger partial charge on any atom is 0.232 e. The molecule has 3 atom stereocenters. The molecular formula is C97H116Br6Cl3N11O9. The molecule has 0 unspecified atom stereocenters. The van der Waals surface area contributed by atoms with Crippen LogP contribution in [-0.2, 0) is 81.7 Å². The smallest absolute Gasteiger partial charge is 0.232 e. The van der Waals surface area contributed by atoms with Gasteiger partial charge in [-0.1, -0.05) is 82.6 Å². The van der Waals surface area contributed by atoms with Gasteiger partial charge in [-0.3, -0.25) is 53.3 Å². The molecular weight excluding hydrogens is 2050 g/mol. The Morgan fingerprint density at radius 2 is 0.619 bits per heavy atom. The average molecular weight is 2170 g/mol. The first-order chi connectivity index (χ1) is 60.6. The number of ketones is 1. The van der Waals surface area contributed by atoms with Crippen LogP contribution < -0.4 is 0 Å². The lowest BCUT2D eigenvalue weighted by atomic mass is 9.76. The second-order valence-electron chi connectivity index (χ2n) is 36.8. The van der Waals surface area contributed by atoms with Gasteiger partial charge in [0.15, 0.2) is 0 Å². The minimum absolute atomic E-state index is 0.0229. The maximum absolute atomic E-state index is 13.4. The summed E-state index contributed by atoms with van der Waals surface area (Å²) in [5, 5.41) is 2.24. The monoisotopic (exact) mass is 2160 g/mol. The fourth-order valence-electron chi connectivity index (χ4n) is 21.4. The van der Waals surface area contributed by atoms with E-state index in [1.807, 2.05) is 56.4 Å². The second kappa shape index (κ2) is 44.7. The Balaban J connectivity index is 0.000000153. The average Bonchev–Trinajstić information content (AvgIpc) is 1.57. The third-order valence-corrected chi connectivity index (χ3v) is 32.3. The van der Waals surface area contributed by atoms with Gasteiger partial charge in [0.2, 0.25) is 47.3 Å². The van der Waals surface area contributed by atoms with Gasteiger partial charge in [-0.2, -0.15) is 0 Å². The van der Waals surface area contributed by atoms with Gasteiger partial charge in [0.1, 0.15) is 18.6 Å². The molecule has 29 heteroatoms. The summed E-state index contributed by atoms with van der Waals surface area (Å²) in [6.45, 7) is 11.6. The van der Waals surface area contributed by atoms with E-state index < -0.39 is 0 Å². The number of Topliss-reactive ketones (excluding diaryl/α,β-unsaturated/α-hetero) is 1. The summed E-state index contributed by atoms with van der Waals surface area (Å²) in [6, 6.07) is 18.9. The molecule has 7 fully saturated rings. The lowest BCUT2D eigenvalue weighted by molar-refractivity contribution is -0.143. The second-order valence-corrected chi connectivity index (χ2v) is 43.4. The number of likely N-dealkylation sites (tertiary alicyclic amines) is 7. The first kappa shape index (κ1) is 96.3. The molecule has 0 saturated carbocycles. The maximum atomic E-state index is 13.4. The number of aryl methyl sites for hydroxylation is 6. The highest BCUT2D eigenvalue weighted by Crippen LogP contribution is 2.51. The van der Waals surface area contributed by atoms with Crippen molar-refractivity contribution in [2.45, 2.75) is 211 Å². The van der Waals surface area contributed by atoms with Crippen LogP contribution in [0.3, 0.4) is 0 Å². The van der Waals surface area contributed by atoms with Crippen molar-refractivity contribution in [2.24, 2.45) is 35.5 Å². The van der Waals surface area contributed by atoms with Crippen LogP contribution in [0.25, 0.3) is 0 Å². The molecule has 20 nitrogen and oxygen atoms in total. The molecule has 3 aromatic heterocycles. The number of hydrogen-bond acceptors (Lipinski definition) is 12. The van der Waals surface area contributed by atoms with Crippen LogP contribution in [0.1, 0.15) is 240 Å². The van der Waals surface area contributed by atoms with Crippen molar-refractivity contribution in [3.05, 3.63) is 182 Å². The van der Waals surface area contributed by atoms with E-state index in [9.17, 15) is 43.2 Å². The number of carbonyl (C=O) groups is 9. The third-order valence-electron chi connectivity index (χ3n) is 28.4. The molecule has 0 radical (unpaired) electrons. The largest absolute Gasteiger partial charge is 0.348 e. The molecule has 16 rings (SSSR count). The minimum Gasteiger partial charge on any atom is -0.348 e. The van der Waals surface area contributed by atoms with Crippen molar-refractivity contribution < 1.29 is 43.2 Å². The SMILES string of the molecule is CC(=O)CCCC(=O)N1CCC(CC(=O)N2CCC([C@H]3c4ncc(Br)cc4CCc4cc(Cl)cc(Br)c43)CC2)CC1.CN(C)C(=O)CC(=O)N1CCC(CC(=O)N2CCC([C@H]3c4ncc(Br)cc4CCc4cc(Cl)cc(Br)c43)CC2)CC1.O=C(CC(=O)N1CCC(CC(=O)N2CCC([C@H]3c4ncc(Br)cc4CCc4cc(Cl)cc(Br)c43)CC2)CC1)N1CCCCC1. The van der Waals surface area contributed by atoms with Crippen molar-refractivity contribution >= 4 is 183 Å². The molecule has 8 amide bonds. The Morgan fingerprint density at radius 1 is 0.341 bits per heavy atom. The van der Waals surface area contributed by atoms with Crippen molar-refractivity contribution in [1.29, 1.82) is 0 Å². The van der Waals surface area contributed by atoms with Gasteiger partial charge in [-0.15, -0.1) is 0 Å². The molecule has 3 aromatic carbocycles. The standard InChI is InChI=1S/C34H41Br2ClN4O3.C32H38Br2ClN3O3.C31H37Br2ClN4O3/c35-26-17-25-5-4-24-18-27(37)19-28(36)32(24)33(34(25)38-21-26)23-8-14-41(15-9-23)29(42)16-22-6-12-40(13-7-22)31(44)20-30(43)39-10-2-1-3-11-39;1-20(39)3-2-4-28(40)37-11-7-21(8-12-37)15-29(41)38-13-9-22(10-14-38)31-30-23(17-26(35)18-27(30)34)5-6-24-16-25(33)19-36-32(24)31;1-36(2)26(39)17-28(41)37-9-5-19(6-10-37)13-27(40)38-11-7-20(8-12-38)30-29-21(15-24(34)16-25(29)33)3-4-22-14-23(32)18-35-31(22)30/h17-19,21-23,33H,1-16,20H2;16-19,21-22,31H,2-15H2,1H3;14-16,18-20,30H,3-13,17H2,1-2H3/t33-;31-;30-/m111/s1. The molecule has 7 aliphatic heterocycles. The third kappa shape index (κ3) is 24.4. The number of pyridine rings is 3. The number of aromatic nitrogens is 3. The van der Waals surface area contributed by atoms with Crippen molar-refractivity contribution in [3.63, 3.8) is 0 Å². The highest BCUT2D eigenvalue weighted by Gasteiger charge is 2.42. The van der Waals surface area contributed by atoms with Crippen LogP contribution in [0.2, 0.25) is 15.1 Å². The molecule has 126 heavy (non-hydrogen) atoms. The Labute approximate surface area is 807 Å². The summed E-state index contributed by atoms with van der Waals surface area (Å²) < 4.78 is 6.13. The number of nitrogens with zero attached hydrogens (tertiary/aromatic N) is 11. The van der Waals surface area contributed by atoms with Gasteiger partial charge in [0, 0.05) is 216 Å². The number of amides is 8. The van der Waals surface area contributed by atoms with Crippen molar-refractivity contribution in [1.82, 2.24) is 54.2 Å². The highest BCUT2D eigenvalue weighted by atomic mass is 79.9. The summed E-state index contributed by atoms with van der Waals surface area (Å²) >= 11 is 41.8. The lowest BCUT2D eigenvalue weighted by Gasteiger charge is -2.38. The zero-order valence-corrected chi connectivity index (χ0v) is 84.3.